The van der Waals surface area contributed by atoms with E-state index in [0.717, 1.165) is 56.7 Å². The summed E-state index contributed by atoms with van der Waals surface area (Å²) in [5, 5.41) is 13.2. The minimum absolute atomic E-state index is 0.0145. The van der Waals surface area contributed by atoms with Crippen LogP contribution in [0.5, 0.6) is 11.5 Å². The maximum absolute atomic E-state index is 13.2. The molecule has 2 aliphatic rings. The number of hydrogen-bond donors (Lipinski definition) is 2. The van der Waals surface area contributed by atoms with Gasteiger partial charge in [0.15, 0.2) is 0 Å². The molecule has 0 aromatic heterocycles. The molecule has 2 heterocycles. The number of amides is 1. The number of nitrogens with one attached hydrogen (secondary N) is 1. The van der Waals surface area contributed by atoms with Gasteiger partial charge in [-0.05, 0) is 106 Å². The number of phenolic OH excluding ortho intramolecular Hbond substituents is 1. The van der Waals surface area contributed by atoms with Crippen molar-refractivity contribution in [2.45, 2.75) is 81.4 Å². The first-order valence-electron chi connectivity index (χ1n) is 12.9. The van der Waals surface area contributed by atoms with Gasteiger partial charge in [0.2, 0.25) is 5.91 Å². The first-order valence-corrected chi connectivity index (χ1v) is 14.0. The Balaban J connectivity index is 1.30. The zero-order valence-electron chi connectivity index (χ0n) is 21.5. The third-order valence-electron chi connectivity index (χ3n) is 7.83. The summed E-state index contributed by atoms with van der Waals surface area (Å²) >= 11 is 1.73. The van der Waals surface area contributed by atoms with Gasteiger partial charge >= 0.3 is 0 Å². The number of thioether (sulfide) groups is 1. The van der Waals surface area contributed by atoms with E-state index in [1.54, 1.807) is 24.9 Å². The van der Waals surface area contributed by atoms with Crippen LogP contribution in [0, 0.1) is 0 Å². The number of nitrogens with zero attached hydrogens (tertiary/aromatic N) is 1. The molecule has 35 heavy (non-hydrogen) atoms. The molecule has 5 nitrogen and oxygen atoms in total. The highest BCUT2D eigenvalue weighted by atomic mass is 32.2. The topological polar surface area (TPSA) is 61.8 Å². The number of aromatic hydroxyl groups is 1. The molecule has 2 N–H and O–H groups in total. The molecule has 2 aromatic carbocycles. The molecular weight excluding hydrogens is 456 g/mol. The zero-order chi connectivity index (χ0) is 25.0. The number of benzene rings is 2. The molecule has 6 heteroatoms. The lowest BCUT2D eigenvalue weighted by molar-refractivity contribution is -0.121. The van der Waals surface area contributed by atoms with E-state index in [1.807, 2.05) is 18.2 Å². The number of rotatable bonds is 8. The molecule has 0 bridgehead atoms. The van der Waals surface area contributed by atoms with Gasteiger partial charge in [0.05, 0.1) is 12.4 Å². The van der Waals surface area contributed by atoms with Gasteiger partial charge in [-0.15, -0.1) is 11.8 Å². The van der Waals surface area contributed by atoms with E-state index in [2.05, 4.69) is 49.2 Å². The van der Waals surface area contributed by atoms with Crippen LogP contribution < -0.4 is 10.1 Å². The number of methoxy groups -OCH3 is 1. The van der Waals surface area contributed by atoms with Crippen molar-refractivity contribution in [1.82, 2.24) is 10.2 Å². The van der Waals surface area contributed by atoms with Crippen LogP contribution in [0.4, 0.5) is 0 Å². The monoisotopic (exact) mass is 496 g/mol. The third kappa shape index (κ3) is 6.34. The van der Waals surface area contributed by atoms with Crippen molar-refractivity contribution >= 4 is 17.7 Å². The van der Waals surface area contributed by atoms with Gasteiger partial charge < -0.3 is 15.2 Å². The Kier molecular flexibility index (Phi) is 8.33. The molecule has 1 unspecified atom stereocenters. The molecule has 2 aromatic rings. The van der Waals surface area contributed by atoms with Crippen LogP contribution in [0.1, 0.15) is 69.1 Å². The molecule has 1 saturated heterocycles. The van der Waals surface area contributed by atoms with Crippen molar-refractivity contribution < 1.29 is 14.6 Å². The highest BCUT2D eigenvalue weighted by Crippen LogP contribution is 2.35. The second kappa shape index (κ2) is 11.3. The second-order valence-corrected chi connectivity index (χ2v) is 11.8. The Bertz CT molecular complexity index is 1020. The van der Waals surface area contributed by atoms with E-state index < -0.39 is 0 Å². The van der Waals surface area contributed by atoms with Crippen molar-refractivity contribution in [3.63, 3.8) is 0 Å². The van der Waals surface area contributed by atoms with Gasteiger partial charge in [-0.2, -0.15) is 0 Å². The van der Waals surface area contributed by atoms with Crippen molar-refractivity contribution in [2.75, 3.05) is 20.2 Å². The van der Waals surface area contributed by atoms with Crippen molar-refractivity contribution in [2.24, 2.45) is 0 Å². The van der Waals surface area contributed by atoms with Crippen molar-refractivity contribution in [3.05, 3.63) is 59.2 Å². The molecular formula is C29H40N2O3S. The van der Waals surface area contributed by atoms with Gasteiger partial charge in [0, 0.05) is 17.3 Å². The molecule has 0 spiro atoms. The Morgan fingerprint density at radius 3 is 2.66 bits per heavy atom. The number of likely N-dealkylation sites (tertiary alicyclic amines) is 1. The molecule has 1 amide bonds. The predicted octanol–water partition coefficient (Wildman–Crippen LogP) is 5.50. The highest BCUT2D eigenvalue weighted by molar-refractivity contribution is 7.99. The number of hydrogen-bond acceptors (Lipinski definition) is 5. The van der Waals surface area contributed by atoms with Crippen LogP contribution in [0.25, 0.3) is 0 Å². The largest absolute Gasteiger partial charge is 0.508 e. The highest BCUT2D eigenvalue weighted by Gasteiger charge is 2.34. The molecule has 0 saturated carbocycles. The average molecular weight is 497 g/mol. The molecule has 2 aliphatic heterocycles. The van der Waals surface area contributed by atoms with Gasteiger partial charge in [-0.3, -0.25) is 9.69 Å². The third-order valence-corrected chi connectivity index (χ3v) is 9.09. The summed E-state index contributed by atoms with van der Waals surface area (Å²) in [4.78, 5) is 15.8. The lowest BCUT2D eigenvalue weighted by atomic mass is 9.85. The summed E-state index contributed by atoms with van der Waals surface area (Å²) in [7, 11) is 1.69. The fourth-order valence-electron chi connectivity index (χ4n) is 5.60. The number of fused-ring (bicyclic) bond motifs is 1. The number of ether oxygens (including phenoxy) is 1. The van der Waals surface area contributed by atoms with E-state index in [0.29, 0.717) is 11.7 Å². The second-order valence-electron chi connectivity index (χ2n) is 10.6. The van der Waals surface area contributed by atoms with E-state index in [9.17, 15) is 9.90 Å². The lowest BCUT2D eigenvalue weighted by Gasteiger charge is -2.44. The molecule has 190 valence electrons. The van der Waals surface area contributed by atoms with E-state index in [4.69, 9.17) is 4.74 Å². The van der Waals surface area contributed by atoms with E-state index in [1.165, 1.54) is 16.7 Å². The zero-order valence-corrected chi connectivity index (χ0v) is 22.4. The Morgan fingerprint density at radius 1 is 1.20 bits per heavy atom. The van der Waals surface area contributed by atoms with Crippen LogP contribution in [-0.4, -0.2) is 52.9 Å². The maximum Gasteiger partial charge on any atom is 0.233 e. The smallest absolute Gasteiger partial charge is 0.233 e. The van der Waals surface area contributed by atoms with Crippen molar-refractivity contribution in [3.8, 4) is 11.5 Å². The average Bonchev–Trinajstić information content (AvgIpc) is 2.87. The van der Waals surface area contributed by atoms with Crippen LogP contribution >= 0.6 is 11.8 Å². The van der Waals surface area contributed by atoms with Crippen LogP contribution in [0.3, 0.4) is 0 Å². The van der Waals surface area contributed by atoms with Gasteiger partial charge in [0.25, 0.3) is 0 Å². The molecule has 0 aliphatic carbocycles. The maximum atomic E-state index is 13.2. The fraction of sp³-hybridized carbons (Fsp3) is 0.552. The van der Waals surface area contributed by atoms with Crippen molar-refractivity contribution in [1.29, 1.82) is 0 Å². The minimum Gasteiger partial charge on any atom is -0.508 e. The molecule has 2 atom stereocenters. The van der Waals surface area contributed by atoms with Crippen LogP contribution in [0.15, 0.2) is 42.5 Å². The Morgan fingerprint density at radius 2 is 1.97 bits per heavy atom. The molecule has 0 radical (unpaired) electrons. The minimum atomic E-state index is -0.0360. The summed E-state index contributed by atoms with van der Waals surface area (Å²) in [6.45, 7) is 8.88. The SMILES string of the molecule is CCC(CC(C)(C)N1CCC(c2cccc(O)c2)CC1)NC(=O)[C@H]1Cc2ccc(OC)cc2CS1. The normalized spacial score (nSPS) is 20.2. The number of carbonyl (C=O) groups is 1. The standard InChI is InChI=1S/C29H40N2O3S/c1-5-24(30-28(33)27-17-22-9-10-26(34-4)16-23(22)19-35-27)18-29(2,3)31-13-11-20(12-14-31)21-7-6-8-25(32)15-21/h6-10,15-16,20,24,27,32H,5,11-14,17-19H2,1-4H3,(H,30,33)/t24?,27-/m1/s1. The summed E-state index contributed by atoms with van der Waals surface area (Å²) in [5.74, 6) is 2.75. The summed E-state index contributed by atoms with van der Waals surface area (Å²) < 4.78 is 5.35. The number of phenols is 1. The molecule has 4 rings (SSSR count). The van der Waals surface area contributed by atoms with E-state index >= 15 is 0 Å². The Labute approximate surface area is 214 Å². The first-order chi connectivity index (χ1) is 16.8. The quantitative estimate of drug-likeness (QED) is 0.505. The number of piperidine rings is 1. The number of carbonyl (C=O) groups excluding carboxylic acids is 1. The first kappa shape index (κ1) is 25.9. The van der Waals surface area contributed by atoms with E-state index in [-0.39, 0.29) is 22.7 Å². The van der Waals surface area contributed by atoms with Crippen LogP contribution in [-0.2, 0) is 17.0 Å². The summed E-state index contributed by atoms with van der Waals surface area (Å²) in [5.41, 5.74) is 3.79. The van der Waals surface area contributed by atoms with Gasteiger partial charge in [0.1, 0.15) is 11.5 Å². The summed E-state index contributed by atoms with van der Waals surface area (Å²) in [6.07, 6.45) is 4.84. The van der Waals surface area contributed by atoms with Gasteiger partial charge in [-0.25, -0.2) is 0 Å². The lowest BCUT2D eigenvalue weighted by Crippen LogP contribution is -2.52. The van der Waals surface area contributed by atoms with Gasteiger partial charge in [-0.1, -0.05) is 25.1 Å². The fourth-order valence-corrected chi connectivity index (χ4v) is 6.77. The van der Waals surface area contributed by atoms with Crippen LogP contribution in [0.2, 0.25) is 0 Å². The predicted molar refractivity (Wildman–Crippen MR) is 144 cm³/mol. The Hall–Kier alpha value is -2.18. The summed E-state index contributed by atoms with van der Waals surface area (Å²) in [6, 6.07) is 14.1. The molecule has 1 fully saturated rings.